The number of hydrogen-bond donors (Lipinski definition) is 2. The van der Waals surface area contributed by atoms with Crippen LogP contribution in [-0.4, -0.2) is 27.6 Å². The van der Waals surface area contributed by atoms with Crippen molar-refractivity contribution < 1.29 is 13.2 Å². The molecule has 0 amide bonds. The molecule has 1 aromatic carbocycles. The predicted octanol–water partition coefficient (Wildman–Crippen LogP) is 1.86. The Labute approximate surface area is 122 Å². The maximum atomic E-state index is 12.2. The van der Waals surface area contributed by atoms with Crippen molar-refractivity contribution in [1.82, 2.24) is 4.72 Å². The zero-order valence-corrected chi connectivity index (χ0v) is 13.4. The van der Waals surface area contributed by atoms with E-state index in [2.05, 4.69) is 20.7 Å². The van der Waals surface area contributed by atoms with Gasteiger partial charge in [-0.3, -0.25) is 0 Å². The van der Waals surface area contributed by atoms with E-state index in [4.69, 9.17) is 10.5 Å². The lowest BCUT2D eigenvalue weighted by atomic mass is 10.3. The third-order valence-corrected chi connectivity index (χ3v) is 4.36. The monoisotopic (exact) mass is 350 g/mol. The Balaban J connectivity index is 2.95. The number of nitrogens with one attached hydrogen (secondary N) is 1. The average molecular weight is 351 g/mol. The van der Waals surface area contributed by atoms with Gasteiger partial charge in [0, 0.05) is 17.1 Å². The topological polar surface area (TPSA) is 81.4 Å². The Morgan fingerprint density at radius 2 is 2.16 bits per heavy atom. The smallest absolute Gasteiger partial charge is 0.244 e. The van der Waals surface area contributed by atoms with Crippen molar-refractivity contribution in [3.8, 4) is 5.75 Å². The summed E-state index contributed by atoms with van der Waals surface area (Å²) in [5.41, 5.74) is 5.60. The van der Waals surface area contributed by atoms with Gasteiger partial charge < -0.3 is 10.5 Å². The maximum Gasteiger partial charge on any atom is 0.244 e. The van der Waals surface area contributed by atoms with Crippen molar-refractivity contribution in [2.75, 3.05) is 13.2 Å². The Morgan fingerprint density at radius 3 is 2.74 bits per heavy atom. The summed E-state index contributed by atoms with van der Waals surface area (Å²) in [5, 5.41) is 0. The highest BCUT2D eigenvalue weighted by atomic mass is 79.9. The second-order valence-electron chi connectivity index (χ2n) is 4.19. The Hall–Kier alpha value is -0.630. The van der Waals surface area contributed by atoms with Crippen LogP contribution < -0.4 is 15.2 Å². The standard InChI is InChI=1S/C12H19BrN2O3S/c1-3-18-11-5-4-10(13)8-12(11)19(16,17)15-7-6-9(2)14/h4-5,8-9,15H,3,6-7,14H2,1-2H3. The number of nitrogens with two attached hydrogens (primary N) is 1. The molecular weight excluding hydrogens is 332 g/mol. The summed E-state index contributed by atoms with van der Waals surface area (Å²) in [6.07, 6.45) is 0.581. The lowest BCUT2D eigenvalue weighted by Gasteiger charge is -2.13. The minimum Gasteiger partial charge on any atom is -0.492 e. The number of hydrogen-bond acceptors (Lipinski definition) is 4. The molecule has 1 atom stereocenters. The molecule has 5 nitrogen and oxygen atoms in total. The molecule has 1 aromatic rings. The van der Waals surface area contributed by atoms with Gasteiger partial charge in [-0.15, -0.1) is 0 Å². The third kappa shape index (κ3) is 5.10. The van der Waals surface area contributed by atoms with Gasteiger partial charge in [0.25, 0.3) is 0 Å². The van der Waals surface area contributed by atoms with Crippen LogP contribution in [0.15, 0.2) is 27.6 Å². The number of benzene rings is 1. The van der Waals surface area contributed by atoms with Gasteiger partial charge in [-0.1, -0.05) is 15.9 Å². The van der Waals surface area contributed by atoms with Crippen LogP contribution in [0.25, 0.3) is 0 Å². The summed E-state index contributed by atoms with van der Waals surface area (Å²) < 4.78 is 33.0. The fraction of sp³-hybridized carbons (Fsp3) is 0.500. The molecule has 0 aromatic heterocycles. The Morgan fingerprint density at radius 1 is 1.47 bits per heavy atom. The number of rotatable bonds is 7. The minimum atomic E-state index is -3.59. The highest BCUT2D eigenvalue weighted by Gasteiger charge is 2.19. The first-order valence-electron chi connectivity index (χ1n) is 6.04. The zero-order valence-electron chi connectivity index (χ0n) is 11.0. The first kappa shape index (κ1) is 16.4. The molecular formula is C12H19BrN2O3S. The molecule has 0 saturated heterocycles. The molecule has 1 rings (SSSR count). The van der Waals surface area contributed by atoms with Crippen LogP contribution in [0, 0.1) is 0 Å². The SMILES string of the molecule is CCOc1ccc(Br)cc1S(=O)(=O)NCCC(C)N. The number of sulfonamides is 1. The van der Waals surface area contributed by atoms with Crippen LogP contribution >= 0.6 is 15.9 Å². The van der Waals surface area contributed by atoms with Crippen LogP contribution in [0.3, 0.4) is 0 Å². The van der Waals surface area contributed by atoms with E-state index in [1.807, 2.05) is 13.8 Å². The quantitative estimate of drug-likeness (QED) is 0.786. The third-order valence-electron chi connectivity index (χ3n) is 2.39. The summed E-state index contributed by atoms with van der Waals surface area (Å²) in [4.78, 5) is 0.133. The highest BCUT2D eigenvalue weighted by Crippen LogP contribution is 2.27. The maximum absolute atomic E-state index is 12.2. The largest absolute Gasteiger partial charge is 0.492 e. The minimum absolute atomic E-state index is 0.0448. The summed E-state index contributed by atoms with van der Waals surface area (Å²) in [6, 6.07) is 4.86. The van der Waals surface area contributed by atoms with Crippen molar-refractivity contribution in [3.05, 3.63) is 22.7 Å². The number of halogens is 1. The average Bonchev–Trinajstić information content (AvgIpc) is 2.31. The molecule has 0 bridgehead atoms. The molecule has 0 saturated carbocycles. The Kier molecular flexibility index (Phi) is 6.25. The van der Waals surface area contributed by atoms with Gasteiger partial charge in [0.1, 0.15) is 10.6 Å². The summed E-state index contributed by atoms with van der Waals surface area (Å²) >= 11 is 3.26. The van der Waals surface area contributed by atoms with Crippen LogP contribution in [0.2, 0.25) is 0 Å². The molecule has 0 aliphatic heterocycles. The van der Waals surface area contributed by atoms with Gasteiger partial charge in [-0.2, -0.15) is 0 Å². The first-order valence-corrected chi connectivity index (χ1v) is 8.32. The molecule has 0 spiro atoms. The fourth-order valence-electron chi connectivity index (χ4n) is 1.47. The lowest BCUT2D eigenvalue weighted by Crippen LogP contribution is -2.29. The van der Waals surface area contributed by atoms with Crippen molar-refractivity contribution in [3.63, 3.8) is 0 Å². The van der Waals surface area contributed by atoms with Gasteiger partial charge >= 0.3 is 0 Å². The van der Waals surface area contributed by atoms with Crippen LogP contribution in [0.1, 0.15) is 20.3 Å². The molecule has 7 heteroatoms. The summed E-state index contributed by atoms with van der Waals surface area (Å²) in [5.74, 6) is 0.346. The molecule has 0 heterocycles. The normalized spacial score (nSPS) is 13.3. The molecule has 19 heavy (non-hydrogen) atoms. The van der Waals surface area contributed by atoms with Crippen LogP contribution in [0.4, 0.5) is 0 Å². The molecule has 0 aliphatic rings. The van der Waals surface area contributed by atoms with Gasteiger partial charge in [-0.05, 0) is 38.5 Å². The lowest BCUT2D eigenvalue weighted by molar-refractivity contribution is 0.331. The zero-order chi connectivity index (χ0) is 14.5. The second kappa shape index (κ2) is 7.23. The van der Waals surface area contributed by atoms with Gasteiger partial charge in [-0.25, -0.2) is 13.1 Å². The molecule has 0 radical (unpaired) electrons. The first-order chi connectivity index (χ1) is 8.86. The fourth-order valence-corrected chi connectivity index (χ4v) is 3.19. The van der Waals surface area contributed by atoms with E-state index in [1.165, 1.54) is 6.07 Å². The van der Waals surface area contributed by atoms with Gasteiger partial charge in [0.2, 0.25) is 10.0 Å². The molecule has 3 N–H and O–H groups in total. The van der Waals surface area contributed by atoms with Crippen LogP contribution in [0.5, 0.6) is 5.75 Å². The molecule has 1 unspecified atom stereocenters. The second-order valence-corrected chi connectivity index (χ2v) is 6.84. The molecule has 0 fully saturated rings. The van der Waals surface area contributed by atoms with Gasteiger partial charge in [0.05, 0.1) is 6.61 Å². The highest BCUT2D eigenvalue weighted by molar-refractivity contribution is 9.10. The predicted molar refractivity (Wildman–Crippen MR) is 78.8 cm³/mol. The molecule has 0 aliphatic carbocycles. The summed E-state index contributed by atoms with van der Waals surface area (Å²) in [6.45, 7) is 4.35. The van der Waals surface area contributed by atoms with E-state index in [0.717, 1.165) is 0 Å². The van der Waals surface area contributed by atoms with Crippen molar-refractivity contribution in [2.45, 2.75) is 31.2 Å². The summed E-state index contributed by atoms with van der Waals surface area (Å²) in [7, 11) is -3.59. The number of ether oxygens (including phenoxy) is 1. The van der Waals surface area contributed by atoms with Crippen molar-refractivity contribution in [1.29, 1.82) is 0 Å². The van der Waals surface area contributed by atoms with E-state index >= 15 is 0 Å². The van der Waals surface area contributed by atoms with Crippen molar-refractivity contribution >= 4 is 26.0 Å². The molecule has 108 valence electrons. The van der Waals surface area contributed by atoms with Crippen LogP contribution in [-0.2, 0) is 10.0 Å². The van der Waals surface area contributed by atoms with E-state index < -0.39 is 10.0 Å². The van der Waals surface area contributed by atoms with E-state index in [9.17, 15) is 8.42 Å². The Bertz CT molecular complexity index is 518. The van der Waals surface area contributed by atoms with Crippen molar-refractivity contribution in [2.24, 2.45) is 5.73 Å². The van der Waals surface area contributed by atoms with E-state index in [1.54, 1.807) is 12.1 Å². The van der Waals surface area contributed by atoms with E-state index in [0.29, 0.717) is 29.8 Å². The van der Waals surface area contributed by atoms with Gasteiger partial charge in [0.15, 0.2) is 0 Å². The van der Waals surface area contributed by atoms with E-state index in [-0.39, 0.29) is 10.9 Å².